The van der Waals surface area contributed by atoms with E-state index in [9.17, 15) is 5.11 Å². The quantitative estimate of drug-likeness (QED) is 0.815. The van der Waals surface area contributed by atoms with E-state index in [1.54, 1.807) is 0 Å². The number of nitrogens with zero attached hydrogens (tertiary/aromatic N) is 3. The first-order valence-electron chi connectivity index (χ1n) is 5.05. The molecular weight excluding hydrogens is 198 g/mol. The number of aliphatic hydroxyl groups is 1. The van der Waals surface area contributed by atoms with Crippen LogP contribution in [0.1, 0.15) is 25.6 Å². The summed E-state index contributed by atoms with van der Waals surface area (Å²) in [5.41, 5.74) is 0. The second-order valence-electron chi connectivity index (χ2n) is 3.52. The van der Waals surface area contributed by atoms with E-state index in [2.05, 4.69) is 21.2 Å². The Morgan fingerprint density at radius 1 is 1.64 bits per heavy atom. The third-order valence-electron chi connectivity index (χ3n) is 2.61. The van der Waals surface area contributed by atoms with Crippen molar-refractivity contribution in [1.82, 2.24) is 9.36 Å². The van der Waals surface area contributed by atoms with E-state index in [1.165, 1.54) is 11.5 Å². The summed E-state index contributed by atoms with van der Waals surface area (Å²) in [6.07, 6.45) is 3.10. The molecule has 0 spiro atoms. The van der Waals surface area contributed by atoms with Gasteiger partial charge >= 0.3 is 0 Å². The van der Waals surface area contributed by atoms with E-state index in [4.69, 9.17) is 0 Å². The minimum absolute atomic E-state index is 0.223. The molecule has 2 heterocycles. The fourth-order valence-corrected chi connectivity index (χ4v) is 2.63. The molecule has 0 radical (unpaired) electrons. The molecule has 0 aliphatic carbocycles. The van der Waals surface area contributed by atoms with E-state index < -0.39 is 0 Å². The minimum Gasteiger partial charge on any atom is -0.394 e. The maximum absolute atomic E-state index is 9.18. The zero-order chi connectivity index (χ0) is 9.97. The summed E-state index contributed by atoms with van der Waals surface area (Å²) in [4.78, 5) is 6.61. The summed E-state index contributed by atoms with van der Waals surface area (Å²) in [5.74, 6) is 0.911. The number of hydrogen-bond donors (Lipinski definition) is 1. The van der Waals surface area contributed by atoms with Gasteiger partial charge in [-0.25, -0.2) is 4.98 Å². The second-order valence-corrected chi connectivity index (χ2v) is 4.25. The van der Waals surface area contributed by atoms with Gasteiger partial charge in [0.15, 0.2) is 0 Å². The van der Waals surface area contributed by atoms with Gasteiger partial charge in [0, 0.05) is 24.5 Å². The normalized spacial score (nSPS) is 21.9. The molecule has 1 atom stereocenters. The first-order valence-corrected chi connectivity index (χ1v) is 5.82. The highest BCUT2D eigenvalue weighted by molar-refractivity contribution is 7.09. The maximum Gasteiger partial charge on any atom is 0.205 e. The van der Waals surface area contributed by atoms with Crippen molar-refractivity contribution < 1.29 is 5.11 Å². The Balaban J connectivity index is 2.13. The van der Waals surface area contributed by atoms with Crippen LogP contribution in [0.15, 0.2) is 0 Å². The van der Waals surface area contributed by atoms with Crippen LogP contribution < -0.4 is 4.90 Å². The number of hydrogen-bond acceptors (Lipinski definition) is 5. The number of aryl methyl sites for hydroxylation is 1. The van der Waals surface area contributed by atoms with E-state index >= 15 is 0 Å². The Morgan fingerprint density at radius 3 is 3.14 bits per heavy atom. The van der Waals surface area contributed by atoms with Gasteiger partial charge < -0.3 is 10.0 Å². The predicted octanol–water partition coefficient (Wildman–Crippen LogP) is 1.06. The van der Waals surface area contributed by atoms with Gasteiger partial charge in [0.05, 0.1) is 12.6 Å². The van der Waals surface area contributed by atoms with Gasteiger partial charge in [-0.3, -0.25) is 0 Å². The van der Waals surface area contributed by atoms with Crippen LogP contribution in [0.3, 0.4) is 0 Å². The first kappa shape index (κ1) is 9.86. The van der Waals surface area contributed by atoms with E-state index in [0.29, 0.717) is 0 Å². The van der Waals surface area contributed by atoms with Crippen LogP contribution >= 0.6 is 11.5 Å². The highest BCUT2D eigenvalue weighted by Gasteiger charge is 2.26. The van der Waals surface area contributed by atoms with Crippen molar-refractivity contribution in [3.8, 4) is 0 Å². The molecule has 0 aromatic carbocycles. The largest absolute Gasteiger partial charge is 0.394 e. The van der Waals surface area contributed by atoms with Crippen molar-refractivity contribution >= 4 is 16.7 Å². The fraction of sp³-hybridized carbons (Fsp3) is 0.778. The summed E-state index contributed by atoms with van der Waals surface area (Å²) in [7, 11) is 0. The molecule has 1 aliphatic heterocycles. The zero-order valence-electron chi connectivity index (χ0n) is 8.31. The number of rotatable bonds is 3. The Labute approximate surface area is 87.8 Å². The van der Waals surface area contributed by atoms with Crippen LogP contribution in [0, 0.1) is 0 Å². The standard InChI is InChI=1S/C9H15N3OS/c1-2-8-10-9(14-11-8)12-5-3-4-7(12)6-13/h7,13H,2-6H2,1H3. The Kier molecular flexibility index (Phi) is 2.98. The van der Waals surface area contributed by atoms with Crippen LogP contribution in [0.5, 0.6) is 0 Å². The molecule has 0 amide bonds. The zero-order valence-corrected chi connectivity index (χ0v) is 9.13. The lowest BCUT2D eigenvalue weighted by molar-refractivity contribution is 0.266. The van der Waals surface area contributed by atoms with Gasteiger partial charge in [-0.2, -0.15) is 4.37 Å². The monoisotopic (exact) mass is 213 g/mol. The highest BCUT2D eigenvalue weighted by atomic mass is 32.1. The molecule has 1 aromatic heterocycles. The summed E-state index contributed by atoms with van der Waals surface area (Å²) >= 11 is 1.44. The lowest BCUT2D eigenvalue weighted by Crippen LogP contribution is -2.31. The molecule has 1 N–H and O–H groups in total. The second kappa shape index (κ2) is 4.23. The average molecular weight is 213 g/mol. The summed E-state index contributed by atoms with van der Waals surface area (Å²) in [6.45, 7) is 3.28. The Morgan fingerprint density at radius 2 is 2.50 bits per heavy atom. The van der Waals surface area contributed by atoms with Gasteiger partial charge in [-0.15, -0.1) is 0 Å². The van der Waals surface area contributed by atoms with Crippen LogP contribution in [-0.2, 0) is 6.42 Å². The van der Waals surface area contributed by atoms with Gasteiger partial charge in [0.25, 0.3) is 0 Å². The first-order chi connectivity index (χ1) is 6.85. The SMILES string of the molecule is CCc1nsc(N2CCCC2CO)n1. The number of anilines is 1. The molecule has 1 aliphatic rings. The van der Waals surface area contributed by atoms with Gasteiger partial charge in [-0.1, -0.05) is 6.92 Å². The van der Waals surface area contributed by atoms with Crippen molar-refractivity contribution in [2.75, 3.05) is 18.1 Å². The molecule has 78 valence electrons. The van der Waals surface area contributed by atoms with Gasteiger partial charge in [-0.05, 0) is 12.8 Å². The van der Waals surface area contributed by atoms with Crippen molar-refractivity contribution in [2.24, 2.45) is 0 Å². The molecule has 0 saturated carbocycles. The highest BCUT2D eigenvalue weighted by Crippen LogP contribution is 2.26. The molecule has 5 heteroatoms. The third kappa shape index (κ3) is 1.74. The van der Waals surface area contributed by atoms with Crippen LogP contribution in [-0.4, -0.2) is 33.7 Å². The minimum atomic E-state index is 0.223. The lowest BCUT2D eigenvalue weighted by Gasteiger charge is -2.21. The Bertz CT molecular complexity index is 302. The fourth-order valence-electron chi connectivity index (χ4n) is 1.78. The van der Waals surface area contributed by atoms with Crippen molar-refractivity contribution in [2.45, 2.75) is 32.2 Å². The lowest BCUT2D eigenvalue weighted by atomic mass is 10.2. The molecule has 1 unspecified atom stereocenters. The molecule has 1 aromatic rings. The van der Waals surface area contributed by atoms with E-state index in [0.717, 1.165) is 36.8 Å². The summed E-state index contributed by atoms with van der Waals surface area (Å²) in [6, 6.07) is 0.257. The summed E-state index contributed by atoms with van der Waals surface area (Å²) < 4.78 is 4.26. The molecule has 1 saturated heterocycles. The van der Waals surface area contributed by atoms with Gasteiger partial charge in [0.1, 0.15) is 5.82 Å². The van der Waals surface area contributed by atoms with Crippen LogP contribution in [0.4, 0.5) is 5.13 Å². The topological polar surface area (TPSA) is 49.2 Å². The Hall–Kier alpha value is -0.680. The number of aliphatic hydroxyl groups excluding tert-OH is 1. The predicted molar refractivity (Wildman–Crippen MR) is 56.7 cm³/mol. The third-order valence-corrected chi connectivity index (χ3v) is 3.40. The average Bonchev–Trinajstić information content (AvgIpc) is 2.85. The van der Waals surface area contributed by atoms with Gasteiger partial charge in [0.2, 0.25) is 5.13 Å². The van der Waals surface area contributed by atoms with Crippen molar-refractivity contribution in [3.63, 3.8) is 0 Å². The van der Waals surface area contributed by atoms with E-state index in [-0.39, 0.29) is 12.6 Å². The molecule has 0 bridgehead atoms. The maximum atomic E-state index is 9.18. The number of aromatic nitrogens is 2. The smallest absolute Gasteiger partial charge is 0.205 e. The molecule has 4 nitrogen and oxygen atoms in total. The molecular formula is C9H15N3OS. The van der Waals surface area contributed by atoms with Crippen molar-refractivity contribution in [3.05, 3.63) is 5.82 Å². The molecule has 2 rings (SSSR count). The molecule has 1 fully saturated rings. The summed E-state index contributed by atoms with van der Waals surface area (Å²) in [5, 5.41) is 10.1. The van der Waals surface area contributed by atoms with E-state index in [1.807, 2.05) is 0 Å². The van der Waals surface area contributed by atoms with Crippen LogP contribution in [0.25, 0.3) is 0 Å². The van der Waals surface area contributed by atoms with Crippen molar-refractivity contribution in [1.29, 1.82) is 0 Å². The van der Waals surface area contributed by atoms with Crippen LogP contribution in [0.2, 0.25) is 0 Å². The molecule has 14 heavy (non-hydrogen) atoms.